The van der Waals surface area contributed by atoms with Gasteiger partial charge in [-0.05, 0) is 42.0 Å². The van der Waals surface area contributed by atoms with Crippen LogP contribution in [0.25, 0.3) is 11.1 Å². The van der Waals surface area contributed by atoms with E-state index in [0.29, 0.717) is 11.5 Å². The molecule has 1 amide bonds. The summed E-state index contributed by atoms with van der Waals surface area (Å²) in [5.74, 6) is -0.598. The van der Waals surface area contributed by atoms with Crippen molar-refractivity contribution >= 4 is 23.5 Å². The molecule has 0 radical (unpaired) electrons. The number of anilines is 2. The highest BCUT2D eigenvalue weighted by Crippen LogP contribution is 2.20. The summed E-state index contributed by atoms with van der Waals surface area (Å²) in [6.45, 7) is 0. The predicted octanol–water partition coefficient (Wildman–Crippen LogP) is 3.29. The fourth-order valence-corrected chi connectivity index (χ4v) is 2.43. The molecule has 1 heterocycles. The Balaban J connectivity index is 1.70. The first kappa shape index (κ1) is 18.1. The van der Waals surface area contributed by atoms with Crippen LogP contribution >= 0.6 is 0 Å². The molecule has 0 saturated carbocycles. The number of carbonyl (C=O) groups is 2. The van der Waals surface area contributed by atoms with Gasteiger partial charge in [0, 0.05) is 43.3 Å². The number of aromatic carboxylic acids is 1. The van der Waals surface area contributed by atoms with E-state index < -0.39 is 5.97 Å². The molecule has 0 atom stereocenters. The monoisotopic (exact) mass is 362 g/mol. The number of rotatable bonds is 5. The van der Waals surface area contributed by atoms with Crippen LogP contribution in [0, 0.1) is 0 Å². The lowest BCUT2D eigenvalue weighted by Gasteiger charge is -2.11. The van der Waals surface area contributed by atoms with Gasteiger partial charge in [0.05, 0.1) is 5.56 Å². The van der Waals surface area contributed by atoms with Gasteiger partial charge in [-0.3, -0.25) is 4.79 Å². The fraction of sp³-hybridized carbons (Fsp3) is 0.100. The summed E-state index contributed by atoms with van der Waals surface area (Å²) in [5.41, 5.74) is 3.21. The molecule has 3 aromatic rings. The van der Waals surface area contributed by atoms with E-state index in [4.69, 9.17) is 5.11 Å². The number of amides is 1. The van der Waals surface area contributed by atoms with Crippen LogP contribution in [0.2, 0.25) is 0 Å². The smallest absolute Gasteiger partial charge is 0.335 e. The Bertz CT molecular complexity index is 950. The Hall–Kier alpha value is -3.74. The average molecular weight is 362 g/mol. The predicted molar refractivity (Wildman–Crippen MR) is 102 cm³/mol. The van der Waals surface area contributed by atoms with E-state index in [1.807, 2.05) is 0 Å². The average Bonchev–Trinajstić information content (AvgIpc) is 2.68. The summed E-state index contributed by atoms with van der Waals surface area (Å²) >= 11 is 0. The van der Waals surface area contributed by atoms with Gasteiger partial charge in [-0.25, -0.2) is 14.8 Å². The van der Waals surface area contributed by atoms with Gasteiger partial charge in [-0.15, -0.1) is 0 Å². The van der Waals surface area contributed by atoms with E-state index in [1.165, 1.54) is 4.90 Å². The topological polar surface area (TPSA) is 95.4 Å². The van der Waals surface area contributed by atoms with Crippen LogP contribution in [0.5, 0.6) is 0 Å². The van der Waals surface area contributed by atoms with Crippen molar-refractivity contribution < 1.29 is 14.7 Å². The zero-order chi connectivity index (χ0) is 19.4. The SMILES string of the molecule is CN(C)C(=O)c1ccc(Nc2ncc(-c3ccc(C(=O)O)cc3)cn2)cc1. The van der Waals surface area contributed by atoms with Crippen molar-refractivity contribution in [1.29, 1.82) is 0 Å². The summed E-state index contributed by atoms with van der Waals surface area (Å²) in [6.07, 6.45) is 3.32. The van der Waals surface area contributed by atoms with Crippen LogP contribution < -0.4 is 5.32 Å². The summed E-state index contributed by atoms with van der Waals surface area (Å²) in [4.78, 5) is 32.9. The molecule has 27 heavy (non-hydrogen) atoms. The minimum atomic E-state index is -0.962. The summed E-state index contributed by atoms with van der Waals surface area (Å²) in [7, 11) is 3.41. The number of carbonyl (C=O) groups excluding carboxylic acids is 1. The quantitative estimate of drug-likeness (QED) is 0.723. The second-order valence-corrected chi connectivity index (χ2v) is 6.08. The maximum atomic E-state index is 11.9. The van der Waals surface area contributed by atoms with Crippen LogP contribution in [-0.2, 0) is 0 Å². The number of nitrogens with one attached hydrogen (secondary N) is 1. The molecule has 0 saturated heterocycles. The molecular formula is C20H18N4O3. The minimum absolute atomic E-state index is 0.0592. The van der Waals surface area contributed by atoms with Gasteiger partial charge in [-0.1, -0.05) is 12.1 Å². The molecule has 0 fully saturated rings. The molecule has 7 nitrogen and oxygen atoms in total. The van der Waals surface area contributed by atoms with Crippen molar-refractivity contribution in [2.45, 2.75) is 0 Å². The molecule has 136 valence electrons. The molecule has 3 rings (SSSR count). The summed E-state index contributed by atoms with van der Waals surface area (Å²) in [5, 5.41) is 12.0. The second kappa shape index (κ2) is 7.65. The number of hydrogen-bond donors (Lipinski definition) is 2. The number of nitrogens with zero attached hydrogens (tertiary/aromatic N) is 3. The van der Waals surface area contributed by atoms with E-state index >= 15 is 0 Å². The van der Waals surface area contributed by atoms with Crippen LogP contribution in [0.15, 0.2) is 60.9 Å². The molecule has 0 unspecified atom stereocenters. The van der Waals surface area contributed by atoms with Crippen LogP contribution in [0.1, 0.15) is 20.7 Å². The molecule has 2 N–H and O–H groups in total. The third kappa shape index (κ3) is 4.27. The van der Waals surface area contributed by atoms with Crippen molar-refractivity contribution in [2.24, 2.45) is 0 Å². The van der Waals surface area contributed by atoms with Crippen molar-refractivity contribution in [2.75, 3.05) is 19.4 Å². The molecular weight excluding hydrogens is 344 g/mol. The Labute approximate surface area is 156 Å². The fourth-order valence-electron chi connectivity index (χ4n) is 2.43. The minimum Gasteiger partial charge on any atom is -0.478 e. The summed E-state index contributed by atoms with van der Waals surface area (Å²) in [6, 6.07) is 13.6. The van der Waals surface area contributed by atoms with Crippen molar-refractivity contribution in [3.05, 3.63) is 72.1 Å². The summed E-state index contributed by atoms with van der Waals surface area (Å²) < 4.78 is 0. The number of benzene rings is 2. The Morgan fingerprint density at radius 2 is 1.41 bits per heavy atom. The Kier molecular flexibility index (Phi) is 5.12. The van der Waals surface area contributed by atoms with Crippen molar-refractivity contribution in [3.8, 4) is 11.1 Å². The van der Waals surface area contributed by atoms with E-state index in [0.717, 1.165) is 16.8 Å². The van der Waals surface area contributed by atoms with E-state index in [9.17, 15) is 9.59 Å². The van der Waals surface area contributed by atoms with E-state index in [1.54, 1.807) is 75.0 Å². The van der Waals surface area contributed by atoms with E-state index in [2.05, 4.69) is 15.3 Å². The zero-order valence-electron chi connectivity index (χ0n) is 14.9. The van der Waals surface area contributed by atoms with Gasteiger partial charge in [0.2, 0.25) is 5.95 Å². The molecule has 0 aliphatic heterocycles. The molecule has 0 aliphatic carbocycles. The van der Waals surface area contributed by atoms with Crippen LogP contribution in [0.3, 0.4) is 0 Å². The maximum absolute atomic E-state index is 11.9. The number of carboxylic acid groups (broad SMARTS) is 1. The third-order valence-corrected chi connectivity index (χ3v) is 3.91. The molecule has 1 aromatic heterocycles. The van der Waals surface area contributed by atoms with Gasteiger partial charge in [0.25, 0.3) is 5.91 Å². The van der Waals surface area contributed by atoms with Crippen LogP contribution in [0.4, 0.5) is 11.6 Å². The zero-order valence-corrected chi connectivity index (χ0v) is 14.9. The highest BCUT2D eigenvalue weighted by Gasteiger charge is 2.08. The number of carboxylic acids is 1. The van der Waals surface area contributed by atoms with Gasteiger partial charge in [0.15, 0.2) is 0 Å². The lowest BCUT2D eigenvalue weighted by Crippen LogP contribution is -2.21. The highest BCUT2D eigenvalue weighted by atomic mass is 16.4. The lowest BCUT2D eigenvalue weighted by atomic mass is 10.1. The third-order valence-electron chi connectivity index (χ3n) is 3.91. The largest absolute Gasteiger partial charge is 0.478 e. The molecule has 0 aliphatic rings. The highest BCUT2D eigenvalue weighted by molar-refractivity contribution is 5.94. The number of hydrogen-bond acceptors (Lipinski definition) is 5. The molecule has 0 spiro atoms. The van der Waals surface area contributed by atoms with Crippen LogP contribution in [-0.4, -0.2) is 45.9 Å². The first-order chi connectivity index (χ1) is 12.9. The number of aromatic nitrogens is 2. The van der Waals surface area contributed by atoms with Gasteiger partial charge in [-0.2, -0.15) is 0 Å². The van der Waals surface area contributed by atoms with Crippen molar-refractivity contribution in [1.82, 2.24) is 14.9 Å². The van der Waals surface area contributed by atoms with Gasteiger partial charge in [0.1, 0.15) is 0 Å². The molecule has 2 aromatic carbocycles. The lowest BCUT2D eigenvalue weighted by molar-refractivity contribution is 0.0696. The second-order valence-electron chi connectivity index (χ2n) is 6.08. The molecule has 0 bridgehead atoms. The first-order valence-electron chi connectivity index (χ1n) is 8.18. The Morgan fingerprint density at radius 1 is 0.852 bits per heavy atom. The van der Waals surface area contributed by atoms with Gasteiger partial charge < -0.3 is 15.3 Å². The normalized spacial score (nSPS) is 10.3. The standard InChI is InChI=1S/C20H18N4O3/c1-24(2)18(25)14-7-9-17(10-8-14)23-20-21-11-16(12-22-20)13-3-5-15(6-4-13)19(26)27/h3-12H,1-2H3,(H,26,27)(H,21,22,23). The Morgan fingerprint density at radius 3 is 1.93 bits per heavy atom. The maximum Gasteiger partial charge on any atom is 0.335 e. The molecule has 7 heteroatoms. The van der Waals surface area contributed by atoms with Crippen molar-refractivity contribution in [3.63, 3.8) is 0 Å². The first-order valence-corrected chi connectivity index (χ1v) is 8.18. The van der Waals surface area contributed by atoms with E-state index in [-0.39, 0.29) is 11.5 Å². The van der Waals surface area contributed by atoms with Gasteiger partial charge >= 0.3 is 5.97 Å².